The van der Waals surface area contributed by atoms with Gasteiger partial charge in [-0.3, -0.25) is 0 Å². The lowest BCUT2D eigenvalue weighted by Crippen LogP contribution is -2.51. The van der Waals surface area contributed by atoms with E-state index in [1.54, 1.807) is 0 Å². The van der Waals surface area contributed by atoms with E-state index < -0.39 is 11.2 Å². The highest BCUT2D eigenvalue weighted by Crippen LogP contribution is 2.20. The molecule has 1 rings (SSSR count). The molecule has 3 N–H and O–H groups in total. The van der Waals surface area contributed by atoms with Gasteiger partial charge in [0.15, 0.2) is 0 Å². The quantitative estimate of drug-likeness (QED) is 0.692. The van der Waals surface area contributed by atoms with Crippen molar-refractivity contribution in [3.8, 4) is 0 Å². The van der Waals surface area contributed by atoms with Crippen LogP contribution < -0.4 is 10.6 Å². The van der Waals surface area contributed by atoms with Gasteiger partial charge in [0, 0.05) is 25.2 Å². The molecule has 0 aromatic heterocycles. The van der Waals surface area contributed by atoms with Gasteiger partial charge in [-0.05, 0) is 67.5 Å². The minimum atomic E-state index is -0.755. The van der Waals surface area contributed by atoms with Crippen molar-refractivity contribution in [2.24, 2.45) is 0 Å². The second-order valence-corrected chi connectivity index (χ2v) is 8.32. The second-order valence-electron chi connectivity index (χ2n) is 8.32. The van der Waals surface area contributed by atoms with Crippen LogP contribution in [0.4, 0.5) is 4.79 Å². The SMILES string of the molecule is CN(C)CC(C)(O)CNC1CCCC(NC(=O)OC(C)(C)C)C1. The molecule has 1 amide bonds. The van der Waals surface area contributed by atoms with Gasteiger partial charge in [-0.2, -0.15) is 0 Å². The first-order valence-corrected chi connectivity index (χ1v) is 8.57. The molecule has 0 bridgehead atoms. The predicted octanol–water partition coefficient (Wildman–Crippen LogP) is 1.72. The van der Waals surface area contributed by atoms with E-state index in [4.69, 9.17) is 4.74 Å². The summed E-state index contributed by atoms with van der Waals surface area (Å²) in [5.74, 6) is 0. The molecular weight excluding hydrogens is 294 g/mol. The molecule has 3 atom stereocenters. The summed E-state index contributed by atoms with van der Waals surface area (Å²) in [5, 5.41) is 16.8. The number of aliphatic hydroxyl groups is 1. The Kier molecular flexibility index (Phi) is 7.29. The summed E-state index contributed by atoms with van der Waals surface area (Å²) in [6.45, 7) is 8.61. The number of hydrogen-bond donors (Lipinski definition) is 3. The lowest BCUT2D eigenvalue weighted by Gasteiger charge is -2.34. The molecule has 6 heteroatoms. The molecule has 1 saturated carbocycles. The number of amides is 1. The fraction of sp³-hybridized carbons (Fsp3) is 0.941. The van der Waals surface area contributed by atoms with Gasteiger partial charge >= 0.3 is 6.09 Å². The van der Waals surface area contributed by atoms with E-state index in [1.807, 2.05) is 46.7 Å². The zero-order valence-corrected chi connectivity index (χ0v) is 15.6. The average molecular weight is 329 g/mol. The summed E-state index contributed by atoms with van der Waals surface area (Å²) < 4.78 is 5.32. The number of carbonyl (C=O) groups is 1. The zero-order chi connectivity index (χ0) is 17.7. The number of hydrogen-bond acceptors (Lipinski definition) is 5. The molecule has 1 aliphatic rings. The first-order valence-electron chi connectivity index (χ1n) is 8.57. The fourth-order valence-electron chi connectivity index (χ4n) is 3.08. The number of alkyl carbamates (subject to hydrolysis) is 1. The maximum atomic E-state index is 11.9. The van der Waals surface area contributed by atoms with Gasteiger partial charge in [0.2, 0.25) is 0 Å². The standard InChI is InChI=1S/C17H35N3O3/c1-16(2,3)23-15(21)19-14-9-7-8-13(10-14)18-11-17(4,22)12-20(5)6/h13-14,18,22H,7-12H2,1-6H3,(H,19,21). The van der Waals surface area contributed by atoms with E-state index in [0.29, 0.717) is 19.1 Å². The van der Waals surface area contributed by atoms with Crippen LogP contribution in [0.1, 0.15) is 53.4 Å². The van der Waals surface area contributed by atoms with Crippen LogP contribution in [0.25, 0.3) is 0 Å². The van der Waals surface area contributed by atoms with E-state index in [-0.39, 0.29) is 12.1 Å². The molecule has 3 unspecified atom stereocenters. The second kappa shape index (κ2) is 8.31. The number of rotatable bonds is 6. The molecule has 1 fully saturated rings. The molecule has 0 saturated heterocycles. The summed E-state index contributed by atoms with van der Waals surface area (Å²) in [5.41, 5.74) is -1.23. The van der Waals surface area contributed by atoms with Crippen molar-refractivity contribution in [3.63, 3.8) is 0 Å². The lowest BCUT2D eigenvalue weighted by molar-refractivity contribution is 0.0287. The Balaban J connectivity index is 2.38. The van der Waals surface area contributed by atoms with E-state index in [9.17, 15) is 9.90 Å². The minimum absolute atomic E-state index is 0.134. The fourth-order valence-corrected chi connectivity index (χ4v) is 3.08. The van der Waals surface area contributed by atoms with Crippen molar-refractivity contribution < 1.29 is 14.6 Å². The maximum Gasteiger partial charge on any atom is 0.407 e. The van der Waals surface area contributed by atoms with E-state index in [0.717, 1.165) is 25.7 Å². The van der Waals surface area contributed by atoms with Gasteiger partial charge in [0.05, 0.1) is 5.60 Å². The summed E-state index contributed by atoms with van der Waals surface area (Å²) in [6.07, 6.45) is 3.64. The van der Waals surface area contributed by atoms with Crippen LogP contribution in [-0.4, -0.2) is 66.6 Å². The molecule has 23 heavy (non-hydrogen) atoms. The smallest absolute Gasteiger partial charge is 0.407 e. The summed E-state index contributed by atoms with van der Waals surface area (Å²) in [4.78, 5) is 13.9. The number of nitrogens with one attached hydrogen (secondary N) is 2. The molecule has 0 heterocycles. The first-order chi connectivity index (χ1) is 10.5. The molecule has 0 aliphatic heterocycles. The summed E-state index contributed by atoms with van der Waals surface area (Å²) >= 11 is 0. The Hall–Kier alpha value is -0.850. The van der Waals surface area contributed by atoms with Crippen LogP contribution in [0.5, 0.6) is 0 Å². The minimum Gasteiger partial charge on any atom is -0.444 e. The van der Waals surface area contributed by atoms with Crippen LogP contribution in [-0.2, 0) is 4.74 Å². The van der Waals surface area contributed by atoms with E-state index in [2.05, 4.69) is 10.6 Å². The van der Waals surface area contributed by atoms with Crippen molar-refractivity contribution in [2.75, 3.05) is 27.2 Å². The molecule has 136 valence electrons. The summed E-state index contributed by atoms with van der Waals surface area (Å²) in [7, 11) is 3.91. The van der Waals surface area contributed by atoms with Crippen LogP contribution in [0.15, 0.2) is 0 Å². The number of nitrogens with zero attached hydrogens (tertiary/aromatic N) is 1. The zero-order valence-electron chi connectivity index (χ0n) is 15.6. The Bertz CT molecular complexity index is 378. The third-order valence-corrected chi connectivity index (χ3v) is 3.82. The normalized spacial score (nSPS) is 25.0. The van der Waals surface area contributed by atoms with Gasteiger partial charge in [-0.15, -0.1) is 0 Å². The molecule has 0 aromatic rings. The average Bonchev–Trinajstić information content (AvgIpc) is 2.33. The largest absolute Gasteiger partial charge is 0.444 e. The molecule has 6 nitrogen and oxygen atoms in total. The van der Waals surface area contributed by atoms with Crippen LogP contribution in [0, 0.1) is 0 Å². The van der Waals surface area contributed by atoms with Gasteiger partial charge in [-0.1, -0.05) is 0 Å². The van der Waals surface area contributed by atoms with E-state index >= 15 is 0 Å². The number of carbonyl (C=O) groups excluding carboxylic acids is 1. The van der Waals surface area contributed by atoms with Crippen molar-refractivity contribution in [1.82, 2.24) is 15.5 Å². The van der Waals surface area contributed by atoms with Crippen molar-refractivity contribution in [1.29, 1.82) is 0 Å². The summed E-state index contributed by atoms with van der Waals surface area (Å²) in [6, 6.07) is 0.451. The van der Waals surface area contributed by atoms with Gasteiger partial charge in [0.25, 0.3) is 0 Å². The predicted molar refractivity (Wildman–Crippen MR) is 92.6 cm³/mol. The van der Waals surface area contributed by atoms with E-state index in [1.165, 1.54) is 0 Å². The first kappa shape index (κ1) is 20.2. The maximum absolute atomic E-state index is 11.9. The van der Waals surface area contributed by atoms with Gasteiger partial charge in [-0.25, -0.2) is 4.79 Å². The highest BCUT2D eigenvalue weighted by Gasteiger charge is 2.28. The van der Waals surface area contributed by atoms with Crippen molar-refractivity contribution in [2.45, 2.75) is 76.7 Å². The number of likely N-dealkylation sites (N-methyl/N-ethyl adjacent to an activating group) is 1. The highest BCUT2D eigenvalue weighted by molar-refractivity contribution is 5.68. The Labute approximate surface area is 141 Å². The van der Waals surface area contributed by atoms with Crippen LogP contribution in [0.3, 0.4) is 0 Å². The topological polar surface area (TPSA) is 73.8 Å². The molecular formula is C17H35N3O3. The van der Waals surface area contributed by atoms with Crippen LogP contribution >= 0.6 is 0 Å². The molecule has 0 aromatic carbocycles. The van der Waals surface area contributed by atoms with Crippen molar-refractivity contribution >= 4 is 6.09 Å². The Morgan fingerprint density at radius 2 is 1.83 bits per heavy atom. The number of ether oxygens (including phenoxy) is 1. The monoisotopic (exact) mass is 329 g/mol. The molecule has 0 spiro atoms. The van der Waals surface area contributed by atoms with Crippen molar-refractivity contribution in [3.05, 3.63) is 0 Å². The molecule has 0 radical (unpaired) electrons. The third-order valence-electron chi connectivity index (χ3n) is 3.82. The van der Waals surface area contributed by atoms with Crippen LogP contribution in [0.2, 0.25) is 0 Å². The Morgan fingerprint density at radius 3 is 2.39 bits per heavy atom. The Morgan fingerprint density at radius 1 is 1.22 bits per heavy atom. The third kappa shape index (κ3) is 9.13. The lowest BCUT2D eigenvalue weighted by atomic mass is 9.90. The van der Waals surface area contributed by atoms with Gasteiger partial charge in [0.1, 0.15) is 5.60 Å². The highest BCUT2D eigenvalue weighted by atomic mass is 16.6. The molecule has 1 aliphatic carbocycles. The van der Waals surface area contributed by atoms with Gasteiger partial charge < -0.3 is 25.4 Å².